The quantitative estimate of drug-likeness (QED) is 0.822. The van der Waals surface area contributed by atoms with Crippen molar-refractivity contribution >= 4 is 0 Å². The second kappa shape index (κ2) is 7.61. The summed E-state index contributed by atoms with van der Waals surface area (Å²) in [4.78, 5) is 5.16. The first kappa shape index (κ1) is 15.3. The molecule has 3 heteroatoms. The molecule has 3 nitrogen and oxygen atoms in total. The average molecular weight is 267 g/mol. The Morgan fingerprint density at radius 2 is 1.74 bits per heavy atom. The lowest BCUT2D eigenvalue weighted by Gasteiger charge is -2.41. The van der Waals surface area contributed by atoms with Gasteiger partial charge in [0.25, 0.3) is 0 Å². The lowest BCUT2D eigenvalue weighted by molar-refractivity contribution is 0.0900. The Hall–Kier alpha value is -0.120. The highest BCUT2D eigenvalue weighted by Gasteiger charge is 2.30. The molecule has 2 atom stereocenters. The van der Waals surface area contributed by atoms with Crippen LogP contribution in [0, 0.1) is 11.8 Å². The standard InChI is InChI=1S/C16H33N3/c1-14(13-19-11-9-17-10-12-19)16(18(2)3)15-7-5-4-6-8-15/h14-17H,4-13H2,1-3H3. The summed E-state index contributed by atoms with van der Waals surface area (Å²) in [5.74, 6) is 1.72. The molecule has 0 aromatic carbocycles. The Bertz CT molecular complexity index is 242. The van der Waals surface area contributed by atoms with Crippen LogP contribution in [0.3, 0.4) is 0 Å². The van der Waals surface area contributed by atoms with Crippen molar-refractivity contribution in [1.29, 1.82) is 0 Å². The van der Waals surface area contributed by atoms with Crippen molar-refractivity contribution in [1.82, 2.24) is 15.1 Å². The minimum Gasteiger partial charge on any atom is -0.314 e. The molecule has 1 aliphatic heterocycles. The van der Waals surface area contributed by atoms with Gasteiger partial charge in [0, 0.05) is 38.8 Å². The molecule has 0 aromatic heterocycles. The van der Waals surface area contributed by atoms with Gasteiger partial charge in [-0.2, -0.15) is 0 Å². The van der Waals surface area contributed by atoms with Gasteiger partial charge in [-0.15, -0.1) is 0 Å². The van der Waals surface area contributed by atoms with Crippen molar-refractivity contribution < 1.29 is 0 Å². The van der Waals surface area contributed by atoms with Gasteiger partial charge in [0.1, 0.15) is 0 Å². The molecule has 2 unspecified atom stereocenters. The summed E-state index contributed by atoms with van der Waals surface area (Å²) in [5.41, 5.74) is 0. The second-order valence-corrected chi connectivity index (χ2v) is 6.88. The van der Waals surface area contributed by atoms with Crippen LogP contribution in [0.15, 0.2) is 0 Å². The molecule has 19 heavy (non-hydrogen) atoms. The molecule has 0 radical (unpaired) electrons. The molecule has 1 aliphatic carbocycles. The van der Waals surface area contributed by atoms with E-state index in [1.54, 1.807) is 0 Å². The van der Waals surface area contributed by atoms with Crippen LogP contribution < -0.4 is 5.32 Å². The van der Waals surface area contributed by atoms with Gasteiger partial charge >= 0.3 is 0 Å². The first-order chi connectivity index (χ1) is 9.18. The van der Waals surface area contributed by atoms with Crippen LogP contribution in [0.4, 0.5) is 0 Å². The van der Waals surface area contributed by atoms with E-state index in [2.05, 4.69) is 36.1 Å². The fourth-order valence-corrected chi connectivity index (χ4v) is 4.28. The first-order valence-corrected chi connectivity index (χ1v) is 8.28. The molecule has 0 spiro atoms. The zero-order chi connectivity index (χ0) is 13.7. The Morgan fingerprint density at radius 3 is 2.32 bits per heavy atom. The highest BCUT2D eigenvalue weighted by Crippen LogP contribution is 2.32. The van der Waals surface area contributed by atoms with Gasteiger partial charge < -0.3 is 15.1 Å². The van der Waals surface area contributed by atoms with E-state index in [1.807, 2.05) is 0 Å². The summed E-state index contributed by atoms with van der Waals surface area (Å²) >= 11 is 0. The maximum atomic E-state index is 3.45. The van der Waals surface area contributed by atoms with E-state index in [9.17, 15) is 0 Å². The zero-order valence-electron chi connectivity index (χ0n) is 13.2. The SMILES string of the molecule is CC(CN1CCNCC1)C(C1CCCCC1)N(C)C. The maximum Gasteiger partial charge on any atom is 0.0155 e. The number of hydrogen-bond acceptors (Lipinski definition) is 3. The number of nitrogens with one attached hydrogen (secondary N) is 1. The molecule has 2 aliphatic rings. The van der Waals surface area contributed by atoms with Gasteiger partial charge in [-0.05, 0) is 38.8 Å². The highest BCUT2D eigenvalue weighted by molar-refractivity contribution is 4.85. The first-order valence-electron chi connectivity index (χ1n) is 8.28. The second-order valence-electron chi connectivity index (χ2n) is 6.88. The fraction of sp³-hybridized carbons (Fsp3) is 1.00. The normalized spacial score (nSPS) is 26.5. The lowest BCUT2D eigenvalue weighted by Crippen LogP contribution is -2.49. The van der Waals surface area contributed by atoms with E-state index >= 15 is 0 Å². The molecule has 0 amide bonds. The predicted molar refractivity (Wildman–Crippen MR) is 82.5 cm³/mol. The van der Waals surface area contributed by atoms with Crippen LogP contribution in [-0.2, 0) is 0 Å². The van der Waals surface area contributed by atoms with E-state index in [1.165, 1.54) is 64.8 Å². The molecule has 112 valence electrons. The molecule has 0 bridgehead atoms. The Morgan fingerprint density at radius 1 is 1.11 bits per heavy atom. The average Bonchev–Trinajstić information content (AvgIpc) is 2.40. The van der Waals surface area contributed by atoms with E-state index in [-0.39, 0.29) is 0 Å². The zero-order valence-corrected chi connectivity index (χ0v) is 13.2. The van der Waals surface area contributed by atoms with Gasteiger partial charge in [-0.1, -0.05) is 26.2 Å². The molecule has 1 saturated carbocycles. The third-order valence-corrected chi connectivity index (χ3v) is 5.07. The van der Waals surface area contributed by atoms with Crippen LogP contribution in [0.25, 0.3) is 0 Å². The minimum atomic E-state index is 0.773. The summed E-state index contributed by atoms with van der Waals surface area (Å²) in [6, 6.07) is 0.773. The Kier molecular flexibility index (Phi) is 6.11. The fourth-order valence-electron chi connectivity index (χ4n) is 4.28. The molecular formula is C16H33N3. The van der Waals surface area contributed by atoms with Crippen LogP contribution in [0.2, 0.25) is 0 Å². The van der Waals surface area contributed by atoms with E-state index < -0.39 is 0 Å². The summed E-state index contributed by atoms with van der Waals surface area (Å²) in [7, 11) is 4.57. The maximum absolute atomic E-state index is 3.45. The van der Waals surface area contributed by atoms with Gasteiger partial charge in [0.2, 0.25) is 0 Å². The van der Waals surface area contributed by atoms with Gasteiger partial charge in [-0.25, -0.2) is 0 Å². The molecule has 1 saturated heterocycles. The molecule has 1 heterocycles. The summed E-state index contributed by atoms with van der Waals surface area (Å²) < 4.78 is 0. The number of rotatable bonds is 5. The van der Waals surface area contributed by atoms with Gasteiger partial charge in [-0.3, -0.25) is 0 Å². The molecule has 1 N–H and O–H groups in total. The third kappa shape index (κ3) is 4.44. The summed E-state index contributed by atoms with van der Waals surface area (Å²) in [5, 5.41) is 3.45. The van der Waals surface area contributed by atoms with Crippen LogP contribution in [-0.4, -0.2) is 62.7 Å². The number of piperazine rings is 1. The largest absolute Gasteiger partial charge is 0.314 e. The van der Waals surface area contributed by atoms with Crippen molar-refractivity contribution in [3.8, 4) is 0 Å². The summed E-state index contributed by atoms with van der Waals surface area (Å²) in [6.07, 6.45) is 7.27. The summed E-state index contributed by atoms with van der Waals surface area (Å²) in [6.45, 7) is 8.55. The van der Waals surface area contributed by atoms with E-state index in [0.29, 0.717) is 0 Å². The topological polar surface area (TPSA) is 18.5 Å². The molecule has 2 rings (SSSR count). The van der Waals surface area contributed by atoms with E-state index in [0.717, 1.165) is 17.9 Å². The Balaban J connectivity index is 1.89. The predicted octanol–water partition coefficient (Wildman–Crippen LogP) is 2.04. The third-order valence-electron chi connectivity index (χ3n) is 5.07. The van der Waals surface area contributed by atoms with Crippen molar-refractivity contribution in [3.05, 3.63) is 0 Å². The van der Waals surface area contributed by atoms with Crippen molar-refractivity contribution in [2.75, 3.05) is 46.8 Å². The number of nitrogens with zero attached hydrogens (tertiary/aromatic N) is 2. The van der Waals surface area contributed by atoms with Crippen LogP contribution in [0.5, 0.6) is 0 Å². The van der Waals surface area contributed by atoms with Crippen LogP contribution >= 0.6 is 0 Å². The van der Waals surface area contributed by atoms with Gasteiger partial charge in [0.05, 0.1) is 0 Å². The molecule has 2 fully saturated rings. The monoisotopic (exact) mass is 267 g/mol. The van der Waals surface area contributed by atoms with Crippen molar-refractivity contribution in [3.63, 3.8) is 0 Å². The van der Waals surface area contributed by atoms with Crippen LogP contribution in [0.1, 0.15) is 39.0 Å². The highest BCUT2D eigenvalue weighted by atomic mass is 15.2. The van der Waals surface area contributed by atoms with Crippen molar-refractivity contribution in [2.24, 2.45) is 11.8 Å². The smallest absolute Gasteiger partial charge is 0.0155 e. The minimum absolute atomic E-state index is 0.773. The van der Waals surface area contributed by atoms with E-state index in [4.69, 9.17) is 0 Å². The van der Waals surface area contributed by atoms with Crippen molar-refractivity contribution in [2.45, 2.75) is 45.1 Å². The lowest BCUT2D eigenvalue weighted by atomic mass is 9.78. The Labute approximate surface area is 119 Å². The van der Waals surface area contributed by atoms with Gasteiger partial charge in [0.15, 0.2) is 0 Å². The molecular weight excluding hydrogens is 234 g/mol. The molecule has 0 aromatic rings. The number of hydrogen-bond donors (Lipinski definition) is 1.